The van der Waals surface area contributed by atoms with E-state index in [1.807, 2.05) is 0 Å². The first-order valence-electron chi connectivity index (χ1n) is 6.17. The molecule has 21 heavy (non-hydrogen) atoms. The summed E-state index contributed by atoms with van der Waals surface area (Å²) in [6.45, 7) is 0.0175. The van der Waals surface area contributed by atoms with Gasteiger partial charge in [-0.1, -0.05) is 29.8 Å². The van der Waals surface area contributed by atoms with Crippen LogP contribution >= 0.6 is 11.6 Å². The molecule has 0 amide bonds. The molecule has 1 aliphatic rings. The second-order valence-corrected chi connectivity index (χ2v) is 6.59. The van der Waals surface area contributed by atoms with Crippen molar-refractivity contribution >= 4 is 33.7 Å². The van der Waals surface area contributed by atoms with E-state index in [9.17, 15) is 13.2 Å². The van der Waals surface area contributed by atoms with E-state index in [1.54, 1.807) is 24.3 Å². The molecule has 0 bridgehead atoms. The molecule has 1 saturated heterocycles. The van der Waals surface area contributed by atoms with Gasteiger partial charge in [-0.3, -0.25) is 4.79 Å². The van der Waals surface area contributed by atoms with Crippen LogP contribution in [0.5, 0.6) is 0 Å². The molecule has 1 unspecified atom stereocenters. The molecule has 1 aliphatic heterocycles. The number of hydrogen-bond donors (Lipinski definition) is 1. The van der Waals surface area contributed by atoms with Crippen molar-refractivity contribution in [2.75, 3.05) is 19.8 Å². The van der Waals surface area contributed by atoms with E-state index < -0.39 is 22.0 Å². The summed E-state index contributed by atoms with van der Waals surface area (Å²) in [4.78, 5) is 11.1. The van der Waals surface area contributed by atoms with E-state index in [-0.39, 0.29) is 19.8 Å². The van der Waals surface area contributed by atoms with E-state index in [0.717, 1.165) is 9.71 Å². The van der Waals surface area contributed by atoms with Crippen LogP contribution in [0.4, 0.5) is 0 Å². The van der Waals surface area contributed by atoms with Crippen molar-refractivity contribution in [2.24, 2.45) is 0 Å². The van der Waals surface area contributed by atoms with Crippen LogP contribution in [0.3, 0.4) is 0 Å². The Morgan fingerprint density at radius 3 is 2.81 bits per heavy atom. The van der Waals surface area contributed by atoms with E-state index in [0.29, 0.717) is 10.6 Å². The molecule has 1 aromatic carbocycles. The highest BCUT2D eigenvalue weighted by Crippen LogP contribution is 2.19. The summed E-state index contributed by atoms with van der Waals surface area (Å²) in [5.74, 6) is -1.23. The number of carboxylic acids is 1. The van der Waals surface area contributed by atoms with E-state index >= 15 is 0 Å². The highest BCUT2D eigenvalue weighted by Gasteiger charge is 2.36. The minimum absolute atomic E-state index is 0.00611. The fraction of sp³-hybridized carbons (Fsp3) is 0.308. The number of carbonyl (C=O) groups is 1. The molecule has 1 fully saturated rings. The van der Waals surface area contributed by atoms with Crippen molar-refractivity contribution in [3.8, 4) is 0 Å². The maximum absolute atomic E-state index is 12.3. The zero-order valence-corrected chi connectivity index (χ0v) is 12.5. The molecule has 114 valence electrons. The first kappa shape index (κ1) is 16.0. The average Bonchev–Trinajstić information content (AvgIpc) is 2.46. The van der Waals surface area contributed by atoms with Crippen molar-refractivity contribution < 1.29 is 23.1 Å². The summed E-state index contributed by atoms with van der Waals surface area (Å²) >= 11 is 5.94. The fourth-order valence-corrected chi connectivity index (χ4v) is 3.44. The highest BCUT2D eigenvalue weighted by atomic mass is 35.5. The SMILES string of the molecule is O=C(O)C1COCCN1S(=O)(=O)/C=C/c1ccccc1Cl. The van der Waals surface area contributed by atoms with Gasteiger partial charge in [0.15, 0.2) is 0 Å². The zero-order valence-electron chi connectivity index (χ0n) is 11.0. The van der Waals surface area contributed by atoms with Gasteiger partial charge < -0.3 is 9.84 Å². The van der Waals surface area contributed by atoms with Gasteiger partial charge in [0, 0.05) is 17.0 Å². The van der Waals surface area contributed by atoms with Crippen molar-refractivity contribution in [2.45, 2.75) is 6.04 Å². The molecule has 0 saturated carbocycles. The van der Waals surface area contributed by atoms with E-state index in [4.69, 9.17) is 21.4 Å². The highest BCUT2D eigenvalue weighted by molar-refractivity contribution is 7.92. The van der Waals surface area contributed by atoms with Crippen LogP contribution in [-0.4, -0.2) is 49.6 Å². The van der Waals surface area contributed by atoms with Crippen LogP contribution in [0.25, 0.3) is 6.08 Å². The second-order valence-electron chi connectivity index (χ2n) is 4.41. The second kappa shape index (κ2) is 6.57. The van der Waals surface area contributed by atoms with Gasteiger partial charge in [-0.05, 0) is 17.7 Å². The third-order valence-electron chi connectivity index (χ3n) is 3.02. The fourth-order valence-electron chi connectivity index (χ4n) is 1.94. The Kier molecular flexibility index (Phi) is 5.00. The lowest BCUT2D eigenvalue weighted by atomic mass is 10.2. The molecule has 0 radical (unpaired) electrons. The van der Waals surface area contributed by atoms with Gasteiger partial charge in [0.05, 0.1) is 13.2 Å². The summed E-state index contributed by atoms with van der Waals surface area (Å²) in [7, 11) is -3.86. The lowest BCUT2D eigenvalue weighted by Gasteiger charge is -2.30. The number of rotatable bonds is 4. The summed E-state index contributed by atoms with van der Waals surface area (Å²) in [6.07, 6.45) is 1.35. The van der Waals surface area contributed by atoms with Gasteiger partial charge in [0.25, 0.3) is 0 Å². The molecule has 0 aliphatic carbocycles. The standard InChI is InChI=1S/C13H14ClNO5S/c14-11-4-2-1-3-10(11)5-8-21(18,19)15-6-7-20-9-12(15)13(16)17/h1-5,8,12H,6-7,9H2,(H,16,17)/b8-5+. The number of ether oxygens (including phenoxy) is 1. The van der Waals surface area contributed by atoms with Crippen LogP contribution in [0.15, 0.2) is 29.7 Å². The predicted molar refractivity (Wildman–Crippen MR) is 78.4 cm³/mol. The quantitative estimate of drug-likeness (QED) is 0.902. The van der Waals surface area contributed by atoms with E-state index in [1.165, 1.54) is 6.08 Å². The molecule has 1 atom stereocenters. The molecule has 6 nitrogen and oxygen atoms in total. The Morgan fingerprint density at radius 2 is 2.14 bits per heavy atom. The van der Waals surface area contributed by atoms with Crippen LogP contribution < -0.4 is 0 Å². The van der Waals surface area contributed by atoms with Gasteiger partial charge >= 0.3 is 5.97 Å². The predicted octanol–water partition coefficient (Wildman–Crippen LogP) is 1.43. The molecular formula is C13H14ClNO5S. The largest absolute Gasteiger partial charge is 0.480 e. The topological polar surface area (TPSA) is 83.9 Å². The minimum atomic E-state index is -3.86. The van der Waals surface area contributed by atoms with Crippen molar-refractivity contribution in [3.05, 3.63) is 40.3 Å². The summed E-state index contributed by atoms with van der Waals surface area (Å²) < 4.78 is 30.5. The molecule has 8 heteroatoms. The summed E-state index contributed by atoms with van der Waals surface area (Å²) in [6, 6.07) is 5.56. The number of sulfonamides is 1. The van der Waals surface area contributed by atoms with Gasteiger partial charge in [0.1, 0.15) is 6.04 Å². The number of carboxylic acid groups (broad SMARTS) is 1. The summed E-state index contributed by atoms with van der Waals surface area (Å²) in [5, 5.41) is 10.5. The monoisotopic (exact) mass is 331 g/mol. The maximum Gasteiger partial charge on any atom is 0.324 e. The first-order chi connectivity index (χ1) is 9.92. The molecule has 0 aromatic heterocycles. The van der Waals surface area contributed by atoms with Crippen LogP contribution in [-0.2, 0) is 19.6 Å². The molecule has 2 rings (SSSR count). The van der Waals surface area contributed by atoms with Crippen LogP contribution in [0, 0.1) is 0 Å². The summed E-state index contributed by atoms with van der Waals surface area (Å²) in [5.41, 5.74) is 0.544. The third-order valence-corrected chi connectivity index (χ3v) is 4.93. The molecular weight excluding hydrogens is 318 g/mol. The van der Waals surface area contributed by atoms with Gasteiger partial charge in [0.2, 0.25) is 10.0 Å². The Hall–Kier alpha value is -1.41. The van der Waals surface area contributed by atoms with Gasteiger partial charge in [-0.25, -0.2) is 8.42 Å². The maximum atomic E-state index is 12.3. The molecule has 1 heterocycles. The van der Waals surface area contributed by atoms with Gasteiger partial charge in [-0.2, -0.15) is 4.31 Å². The van der Waals surface area contributed by atoms with Crippen molar-refractivity contribution in [3.63, 3.8) is 0 Å². The normalized spacial score (nSPS) is 20.7. The zero-order chi connectivity index (χ0) is 15.5. The number of halogens is 1. The number of nitrogens with zero attached hydrogens (tertiary/aromatic N) is 1. The van der Waals surface area contributed by atoms with Crippen molar-refractivity contribution in [1.29, 1.82) is 0 Å². The molecule has 0 spiro atoms. The number of hydrogen-bond acceptors (Lipinski definition) is 4. The Labute approximate surface area is 127 Å². The lowest BCUT2D eigenvalue weighted by molar-refractivity contribution is -0.145. The van der Waals surface area contributed by atoms with Crippen molar-refractivity contribution in [1.82, 2.24) is 4.31 Å². The third kappa shape index (κ3) is 3.82. The number of benzene rings is 1. The average molecular weight is 332 g/mol. The molecule has 1 N–H and O–H groups in total. The van der Waals surface area contributed by atoms with Crippen LogP contribution in [0.1, 0.15) is 5.56 Å². The number of aliphatic carboxylic acids is 1. The van der Waals surface area contributed by atoms with Crippen LogP contribution in [0.2, 0.25) is 5.02 Å². The Morgan fingerprint density at radius 1 is 1.43 bits per heavy atom. The smallest absolute Gasteiger partial charge is 0.324 e. The van der Waals surface area contributed by atoms with E-state index in [2.05, 4.69) is 0 Å². The number of morpholine rings is 1. The molecule has 1 aromatic rings. The lowest BCUT2D eigenvalue weighted by Crippen LogP contribution is -2.51. The minimum Gasteiger partial charge on any atom is -0.480 e. The first-order valence-corrected chi connectivity index (χ1v) is 8.05. The van der Waals surface area contributed by atoms with Gasteiger partial charge in [-0.15, -0.1) is 0 Å². The Bertz CT molecular complexity index is 658. The Balaban J connectivity index is 2.25.